The summed E-state index contributed by atoms with van der Waals surface area (Å²) in [4.78, 5) is 33.0. The van der Waals surface area contributed by atoms with E-state index in [1.165, 1.54) is 22.7 Å². The summed E-state index contributed by atoms with van der Waals surface area (Å²) in [5, 5.41) is 11.6. The number of para-hydroxylation sites is 1. The van der Waals surface area contributed by atoms with Crippen molar-refractivity contribution < 1.29 is 4.79 Å². The average Bonchev–Trinajstić information content (AvgIpc) is 3.68. The molecule has 6 rings (SSSR count). The summed E-state index contributed by atoms with van der Waals surface area (Å²) in [6.07, 6.45) is 6.53. The molecule has 3 N–H and O–H groups in total. The first-order valence-corrected chi connectivity index (χ1v) is 13.8. The van der Waals surface area contributed by atoms with Crippen LogP contribution in [-0.2, 0) is 6.54 Å². The molecule has 0 unspecified atom stereocenters. The van der Waals surface area contributed by atoms with Gasteiger partial charge in [0, 0.05) is 48.8 Å². The molecular weight excluding hydrogens is 502 g/mol. The molecule has 1 aliphatic heterocycles. The Balaban J connectivity index is 1.23. The maximum atomic E-state index is 13.3. The van der Waals surface area contributed by atoms with Gasteiger partial charge in [-0.1, -0.05) is 23.5 Å². The van der Waals surface area contributed by atoms with Gasteiger partial charge in [-0.25, -0.2) is 15.0 Å². The number of nitrogens with zero attached hydrogens (tertiary/aromatic N) is 4. The largest absolute Gasteiger partial charge is 0.321 e. The fourth-order valence-corrected chi connectivity index (χ4v) is 6.23. The minimum absolute atomic E-state index is 0.188. The molecule has 0 bridgehead atoms. The van der Waals surface area contributed by atoms with E-state index in [0.717, 1.165) is 63.1 Å². The van der Waals surface area contributed by atoms with E-state index in [-0.39, 0.29) is 5.91 Å². The van der Waals surface area contributed by atoms with Gasteiger partial charge in [-0.15, -0.1) is 11.3 Å². The van der Waals surface area contributed by atoms with Crippen molar-refractivity contribution in [1.82, 2.24) is 30.6 Å². The number of fused-ring (bicyclic) bond motifs is 1. The van der Waals surface area contributed by atoms with Crippen molar-refractivity contribution in [3.63, 3.8) is 0 Å². The topological polar surface area (TPSA) is 105 Å². The standard InChI is InChI=1S/C27H25N7OS2/c1-16-23(36-25(32-16)18-5-4-9-28-14-18)24(35)33-21-7-3-2-6-20(21)26-34-22-11-17(13-31-27(22)37-26)12-30-19-8-10-29-15-19/h2-7,9,11,13-14,19,29-30H,8,10,12,15H2,1H3,(H,33,35)/t19-/m0/s1. The number of benzene rings is 1. The maximum absolute atomic E-state index is 13.3. The van der Waals surface area contributed by atoms with Crippen molar-refractivity contribution in [3.05, 3.63) is 77.2 Å². The number of rotatable bonds is 7. The number of hydrogen-bond acceptors (Lipinski definition) is 9. The van der Waals surface area contributed by atoms with E-state index in [1.807, 2.05) is 49.5 Å². The van der Waals surface area contributed by atoms with Crippen LogP contribution in [0.15, 0.2) is 61.1 Å². The average molecular weight is 528 g/mol. The van der Waals surface area contributed by atoms with Gasteiger partial charge in [0.15, 0.2) is 0 Å². The summed E-state index contributed by atoms with van der Waals surface area (Å²) in [5.41, 5.74) is 5.14. The second-order valence-corrected chi connectivity index (χ2v) is 10.9. The van der Waals surface area contributed by atoms with Gasteiger partial charge in [0.05, 0.1) is 11.4 Å². The fourth-order valence-electron chi connectivity index (χ4n) is 4.35. The van der Waals surface area contributed by atoms with Gasteiger partial charge in [0.2, 0.25) is 0 Å². The quantitative estimate of drug-likeness (QED) is 0.277. The van der Waals surface area contributed by atoms with Crippen LogP contribution in [0.2, 0.25) is 0 Å². The van der Waals surface area contributed by atoms with Crippen molar-refractivity contribution in [2.24, 2.45) is 0 Å². The number of anilines is 1. The van der Waals surface area contributed by atoms with Crippen molar-refractivity contribution in [1.29, 1.82) is 0 Å². The lowest BCUT2D eigenvalue weighted by Gasteiger charge is -2.10. The summed E-state index contributed by atoms with van der Waals surface area (Å²) in [6, 6.07) is 14.1. The van der Waals surface area contributed by atoms with Crippen molar-refractivity contribution >= 4 is 44.6 Å². The molecule has 0 saturated carbocycles. The minimum atomic E-state index is -0.188. The summed E-state index contributed by atoms with van der Waals surface area (Å²) in [5.74, 6) is -0.188. The van der Waals surface area contributed by atoms with E-state index >= 15 is 0 Å². The number of carbonyl (C=O) groups excluding carboxylic acids is 1. The van der Waals surface area contributed by atoms with Crippen molar-refractivity contribution in [2.45, 2.75) is 25.9 Å². The van der Waals surface area contributed by atoms with E-state index in [9.17, 15) is 4.79 Å². The highest BCUT2D eigenvalue weighted by atomic mass is 32.1. The van der Waals surface area contributed by atoms with E-state index in [4.69, 9.17) is 4.98 Å². The molecule has 8 nitrogen and oxygen atoms in total. The van der Waals surface area contributed by atoms with Gasteiger partial charge in [-0.05, 0) is 55.8 Å². The molecule has 1 aromatic carbocycles. The Bertz CT molecular complexity index is 1560. The third-order valence-electron chi connectivity index (χ3n) is 6.28. The van der Waals surface area contributed by atoms with Crippen LogP contribution in [-0.4, -0.2) is 45.0 Å². The number of nitrogens with one attached hydrogen (secondary N) is 3. The number of aryl methyl sites for hydroxylation is 1. The van der Waals surface area contributed by atoms with E-state index in [0.29, 0.717) is 22.3 Å². The van der Waals surface area contributed by atoms with Crippen LogP contribution in [0, 0.1) is 6.92 Å². The van der Waals surface area contributed by atoms with Crippen LogP contribution < -0.4 is 16.0 Å². The second kappa shape index (κ2) is 10.4. The molecule has 1 fully saturated rings. The van der Waals surface area contributed by atoms with Crippen LogP contribution in [0.1, 0.15) is 27.3 Å². The molecule has 1 aliphatic rings. The molecule has 5 heterocycles. The molecule has 4 aromatic heterocycles. The lowest BCUT2D eigenvalue weighted by Crippen LogP contribution is -2.30. The molecule has 1 amide bonds. The Kier molecular flexibility index (Phi) is 6.71. The van der Waals surface area contributed by atoms with Gasteiger partial charge < -0.3 is 16.0 Å². The monoisotopic (exact) mass is 527 g/mol. The number of thiazole rings is 2. The van der Waals surface area contributed by atoms with Crippen LogP contribution in [0.25, 0.3) is 31.5 Å². The first-order chi connectivity index (χ1) is 18.1. The number of amides is 1. The van der Waals surface area contributed by atoms with Gasteiger partial charge in [-0.2, -0.15) is 0 Å². The molecule has 1 atom stereocenters. The number of aromatic nitrogens is 4. The Morgan fingerprint density at radius 2 is 2.03 bits per heavy atom. The Morgan fingerprint density at radius 1 is 1.11 bits per heavy atom. The lowest BCUT2D eigenvalue weighted by atomic mass is 10.2. The number of pyridine rings is 2. The lowest BCUT2D eigenvalue weighted by molar-refractivity contribution is 0.103. The molecule has 5 aromatic rings. The summed E-state index contributed by atoms with van der Waals surface area (Å²) >= 11 is 2.89. The smallest absolute Gasteiger partial charge is 0.267 e. The predicted octanol–water partition coefficient (Wildman–Crippen LogP) is 4.89. The molecule has 0 radical (unpaired) electrons. The highest BCUT2D eigenvalue weighted by molar-refractivity contribution is 7.21. The Hall–Kier alpha value is -3.57. The molecule has 186 valence electrons. The summed E-state index contributed by atoms with van der Waals surface area (Å²) in [7, 11) is 0. The van der Waals surface area contributed by atoms with Gasteiger partial charge in [-0.3, -0.25) is 9.78 Å². The van der Waals surface area contributed by atoms with Gasteiger partial charge >= 0.3 is 0 Å². The van der Waals surface area contributed by atoms with Crippen LogP contribution in [0.4, 0.5) is 5.69 Å². The normalized spacial score (nSPS) is 15.3. The van der Waals surface area contributed by atoms with Gasteiger partial charge in [0.25, 0.3) is 5.91 Å². The first kappa shape index (κ1) is 23.8. The Morgan fingerprint density at radius 3 is 2.86 bits per heavy atom. The summed E-state index contributed by atoms with van der Waals surface area (Å²) < 4.78 is 0. The highest BCUT2D eigenvalue weighted by Crippen LogP contribution is 2.35. The zero-order chi connectivity index (χ0) is 25.2. The number of hydrogen-bond donors (Lipinski definition) is 3. The molecule has 1 saturated heterocycles. The van der Waals surface area contributed by atoms with Crippen LogP contribution >= 0.6 is 22.7 Å². The fraction of sp³-hybridized carbons (Fsp3) is 0.222. The zero-order valence-corrected chi connectivity index (χ0v) is 21.8. The highest BCUT2D eigenvalue weighted by Gasteiger charge is 2.19. The van der Waals surface area contributed by atoms with E-state index < -0.39 is 0 Å². The third-order valence-corrected chi connectivity index (χ3v) is 8.49. The molecular formula is C27H25N7OS2. The van der Waals surface area contributed by atoms with Crippen LogP contribution in [0.3, 0.4) is 0 Å². The van der Waals surface area contributed by atoms with E-state index in [2.05, 4.69) is 37.0 Å². The third kappa shape index (κ3) is 5.14. The molecule has 37 heavy (non-hydrogen) atoms. The van der Waals surface area contributed by atoms with Crippen molar-refractivity contribution in [2.75, 3.05) is 18.4 Å². The van der Waals surface area contributed by atoms with Crippen molar-refractivity contribution in [3.8, 4) is 21.1 Å². The van der Waals surface area contributed by atoms with Crippen LogP contribution in [0.5, 0.6) is 0 Å². The SMILES string of the molecule is Cc1nc(-c2cccnc2)sc1C(=O)Nc1ccccc1-c1nc2cc(CN[C@H]3CCNC3)cnc2s1. The zero-order valence-electron chi connectivity index (χ0n) is 20.2. The maximum Gasteiger partial charge on any atom is 0.267 e. The van der Waals surface area contributed by atoms with E-state index in [1.54, 1.807) is 12.4 Å². The second-order valence-electron chi connectivity index (χ2n) is 8.93. The minimum Gasteiger partial charge on any atom is -0.321 e. The molecule has 0 aliphatic carbocycles. The van der Waals surface area contributed by atoms with Gasteiger partial charge in [0.1, 0.15) is 25.2 Å². The first-order valence-electron chi connectivity index (χ1n) is 12.1. The summed E-state index contributed by atoms with van der Waals surface area (Å²) in [6.45, 7) is 4.69. The Labute approximate surface area is 222 Å². The molecule has 10 heteroatoms. The number of carbonyl (C=O) groups is 1. The predicted molar refractivity (Wildman–Crippen MR) is 149 cm³/mol. The molecule has 0 spiro atoms.